The van der Waals surface area contributed by atoms with Crippen molar-refractivity contribution in [1.29, 1.82) is 0 Å². The van der Waals surface area contributed by atoms with E-state index in [9.17, 15) is 18.5 Å². The molecule has 0 N–H and O–H groups in total. The van der Waals surface area contributed by atoms with Crippen molar-refractivity contribution >= 4 is 21.4 Å². The van der Waals surface area contributed by atoms with Crippen LogP contribution in [-0.4, -0.2) is 44.1 Å². The van der Waals surface area contributed by atoms with Gasteiger partial charge in [-0.2, -0.15) is 0 Å². The number of piperidine rings is 1. The van der Waals surface area contributed by atoms with E-state index in [4.69, 9.17) is 0 Å². The Morgan fingerprint density at radius 1 is 1.07 bits per heavy atom. The number of nitrogens with zero attached hydrogens (tertiary/aromatic N) is 3. The highest BCUT2D eigenvalue weighted by molar-refractivity contribution is 7.92. The number of sulfonamides is 1. The van der Waals surface area contributed by atoms with Gasteiger partial charge in [-0.1, -0.05) is 30.3 Å². The van der Waals surface area contributed by atoms with E-state index in [1.54, 1.807) is 16.4 Å². The zero-order chi connectivity index (χ0) is 19.9. The van der Waals surface area contributed by atoms with Crippen LogP contribution in [0.1, 0.15) is 24.0 Å². The normalized spacial score (nSPS) is 19.0. The fraction of sp³-hybridized carbons (Fsp3) is 0.400. The Kier molecular flexibility index (Phi) is 4.63. The van der Waals surface area contributed by atoms with E-state index < -0.39 is 10.0 Å². The van der Waals surface area contributed by atoms with Gasteiger partial charge in [0.2, 0.25) is 10.0 Å². The molecule has 0 radical (unpaired) electrons. The van der Waals surface area contributed by atoms with Crippen molar-refractivity contribution in [1.82, 2.24) is 4.90 Å². The summed E-state index contributed by atoms with van der Waals surface area (Å²) in [6.07, 6.45) is 3.05. The topological polar surface area (TPSA) is 83.8 Å². The van der Waals surface area contributed by atoms with Gasteiger partial charge in [-0.3, -0.25) is 19.3 Å². The van der Waals surface area contributed by atoms with Crippen LogP contribution < -0.4 is 4.31 Å². The Hall–Kier alpha value is -2.45. The lowest BCUT2D eigenvalue weighted by atomic mass is 9.74. The first-order valence-electron chi connectivity index (χ1n) is 9.31. The van der Waals surface area contributed by atoms with Gasteiger partial charge in [0.05, 0.1) is 16.9 Å². The number of nitro benzene ring substituents is 1. The van der Waals surface area contributed by atoms with E-state index in [0.29, 0.717) is 6.54 Å². The number of hydrogen-bond acceptors (Lipinski definition) is 5. The van der Waals surface area contributed by atoms with Gasteiger partial charge in [-0.05, 0) is 43.1 Å². The molecule has 148 valence electrons. The standard InChI is InChI=1S/C20H23N3O4S/c1-28(26,27)22-15-20(18-4-2-3-5-19(18)22)10-12-21(13-11-20)14-16-6-8-17(9-7-16)23(24)25/h2-9H,10-15H2,1H3. The second-order valence-corrected chi connectivity index (χ2v) is 9.67. The lowest BCUT2D eigenvalue weighted by Crippen LogP contribution is -2.45. The van der Waals surface area contributed by atoms with Crippen LogP contribution in [0.4, 0.5) is 11.4 Å². The molecule has 1 fully saturated rings. The Morgan fingerprint density at radius 2 is 1.71 bits per heavy atom. The Morgan fingerprint density at radius 3 is 2.32 bits per heavy atom. The smallest absolute Gasteiger partial charge is 0.269 e. The van der Waals surface area contributed by atoms with Crippen molar-refractivity contribution < 1.29 is 13.3 Å². The lowest BCUT2D eigenvalue weighted by molar-refractivity contribution is -0.384. The SMILES string of the molecule is CS(=O)(=O)N1CC2(CCN(Cc3ccc([N+](=O)[O-])cc3)CC2)c2ccccc21. The number of fused-ring (bicyclic) bond motifs is 2. The summed E-state index contributed by atoms with van der Waals surface area (Å²) in [5, 5.41) is 10.8. The van der Waals surface area contributed by atoms with Gasteiger partial charge in [0.1, 0.15) is 0 Å². The molecule has 0 bridgehead atoms. The first kappa shape index (κ1) is 18.9. The molecule has 2 aliphatic heterocycles. The van der Waals surface area contributed by atoms with Crippen LogP contribution in [0, 0.1) is 10.1 Å². The number of para-hydroxylation sites is 1. The van der Waals surface area contributed by atoms with Gasteiger partial charge in [-0.25, -0.2) is 8.42 Å². The summed E-state index contributed by atoms with van der Waals surface area (Å²) in [6.45, 7) is 2.98. The van der Waals surface area contributed by atoms with E-state index in [-0.39, 0.29) is 16.0 Å². The molecule has 2 aromatic rings. The third kappa shape index (κ3) is 3.38. The van der Waals surface area contributed by atoms with Crippen molar-refractivity contribution in [3.05, 3.63) is 69.8 Å². The fourth-order valence-electron chi connectivity index (χ4n) is 4.43. The zero-order valence-corrected chi connectivity index (χ0v) is 16.6. The number of anilines is 1. The first-order chi connectivity index (χ1) is 13.3. The number of rotatable bonds is 4. The molecule has 0 aromatic heterocycles. The number of likely N-dealkylation sites (tertiary alicyclic amines) is 1. The molecule has 0 amide bonds. The van der Waals surface area contributed by atoms with Crippen LogP contribution in [0.5, 0.6) is 0 Å². The Bertz CT molecular complexity index is 996. The summed E-state index contributed by atoms with van der Waals surface area (Å²) in [5.74, 6) is 0. The maximum atomic E-state index is 12.3. The van der Waals surface area contributed by atoms with Gasteiger partial charge in [-0.15, -0.1) is 0 Å². The van der Waals surface area contributed by atoms with Crippen molar-refractivity contribution in [2.75, 3.05) is 30.2 Å². The molecular formula is C20H23N3O4S. The van der Waals surface area contributed by atoms with Crippen LogP contribution in [0.25, 0.3) is 0 Å². The van der Waals surface area contributed by atoms with E-state index in [1.165, 1.54) is 18.4 Å². The van der Waals surface area contributed by atoms with Gasteiger partial charge in [0.15, 0.2) is 0 Å². The Labute approximate surface area is 164 Å². The molecule has 2 heterocycles. The highest BCUT2D eigenvalue weighted by atomic mass is 32.2. The van der Waals surface area contributed by atoms with Crippen molar-refractivity contribution in [3.8, 4) is 0 Å². The summed E-state index contributed by atoms with van der Waals surface area (Å²) >= 11 is 0. The molecule has 0 atom stereocenters. The molecule has 28 heavy (non-hydrogen) atoms. The molecule has 1 spiro atoms. The molecule has 1 saturated heterocycles. The van der Waals surface area contributed by atoms with Gasteiger partial charge in [0, 0.05) is 30.6 Å². The molecule has 7 nitrogen and oxygen atoms in total. The lowest BCUT2D eigenvalue weighted by Gasteiger charge is -2.39. The molecule has 0 saturated carbocycles. The minimum Gasteiger partial charge on any atom is -0.299 e. The minimum atomic E-state index is -3.30. The average molecular weight is 401 g/mol. The molecule has 8 heteroatoms. The minimum absolute atomic E-state index is 0.102. The van der Waals surface area contributed by atoms with Crippen molar-refractivity contribution in [2.24, 2.45) is 0 Å². The molecule has 0 aliphatic carbocycles. The molecular weight excluding hydrogens is 378 g/mol. The van der Waals surface area contributed by atoms with Crippen LogP contribution in [0.15, 0.2) is 48.5 Å². The van der Waals surface area contributed by atoms with Crippen LogP contribution >= 0.6 is 0 Å². The maximum absolute atomic E-state index is 12.3. The van der Waals surface area contributed by atoms with Crippen LogP contribution in [-0.2, 0) is 22.0 Å². The number of benzene rings is 2. The molecule has 0 unspecified atom stereocenters. The Balaban J connectivity index is 1.48. The molecule has 4 rings (SSSR count). The monoisotopic (exact) mass is 401 g/mol. The quantitative estimate of drug-likeness (QED) is 0.581. The van der Waals surface area contributed by atoms with Gasteiger partial charge >= 0.3 is 0 Å². The van der Waals surface area contributed by atoms with E-state index in [2.05, 4.69) is 11.0 Å². The second-order valence-electron chi connectivity index (χ2n) is 7.77. The van der Waals surface area contributed by atoms with E-state index in [1.807, 2.05) is 18.2 Å². The summed E-state index contributed by atoms with van der Waals surface area (Å²) in [5.41, 5.74) is 2.96. The van der Waals surface area contributed by atoms with Crippen LogP contribution in [0.3, 0.4) is 0 Å². The summed E-state index contributed by atoms with van der Waals surface area (Å²) in [4.78, 5) is 12.7. The van der Waals surface area contributed by atoms with E-state index >= 15 is 0 Å². The summed E-state index contributed by atoms with van der Waals surface area (Å²) in [6, 6.07) is 14.5. The summed E-state index contributed by atoms with van der Waals surface area (Å²) in [7, 11) is -3.30. The number of nitro groups is 1. The fourth-order valence-corrected chi connectivity index (χ4v) is 5.43. The first-order valence-corrected chi connectivity index (χ1v) is 11.2. The van der Waals surface area contributed by atoms with Gasteiger partial charge < -0.3 is 0 Å². The largest absolute Gasteiger partial charge is 0.299 e. The number of hydrogen-bond donors (Lipinski definition) is 0. The average Bonchev–Trinajstić information content (AvgIpc) is 2.99. The van der Waals surface area contributed by atoms with Crippen molar-refractivity contribution in [3.63, 3.8) is 0 Å². The predicted molar refractivity (Wildman–Crippen MR) is 108 cm³/mol. The summed E-state index contributed by atoms with van der Waals surface area (Å²) < 4.78 is 26.1. The second kappa shape index (κ2) is 6.86. The molecule has 2 aliphatic rings. The zero-order valence-electron chi connectivity index (χ0n) is 15.7. The van der Waals surface area contributed by atoms with Gasteiger partial charge in [0.25, 0.3) is 5.69 Å². The highest BCUT2D eigenvalue weighted by Crippen LogP contribution is 2.47. The predicted octanol–water partition coefficient (Wildman–Crippen LogP) is 2.91. The third-order valence-electron chi connectivity index (χ3n) is 5.96. The molecule has 2 aromatic carbocycles. The van der Waals surface area contributed by atoms with Crippen molar-refractivity contribution in [2.45, 2.75) is 24.8 Å². The third-order valence-corrected chi connectivity index (χ3v) is 7.08. The maximum Gasteiger partial charge on any atom is 0.269 e. The van der Waals surface area contributed by atoms with E-state index in [0.717, 1.165) is 49.3 Å². The van der Waals surface area contributed by atoms with Crippen LogP contribution in [0.2, 0.25) is 0 Å². The number of non-ortho nitro benzene ring substituents is 1. The highest BCUT2D eigenvalue weighted by Gasteiger charge is 2.46.